The van der Waals surface area contributed by atoms with Gasteiger partial charge in [-0.25, -0.2) is 4.18 Å². The van der Waals surface area contributed by atoms with Crippen molar-refractivity contribution >= 4 is 10.1 Å². The molecule has 0 fully saturated rings. The van der Waals surface area contributed by atoms with Gasteiger partial charge < -0.3 is 4.74 Å². The number of hydrogen-bond acceptors (Lipinski definition) is 4. The number of ether oxygens (including phenoxy) is 1. The molecular formula is C18H30O4S. The molecular weight excluding hydrogens is 312 g/mol. The Hall–Kier alpha value is -0.910. The smallest absolute Gasteiger partial charge is 0.266 e. The average Bonchev–Trinajstić information content (AvgIpc) is 2.51. The van der Waals surface area contributed by atoms with Gasteiger partial charge >= 0.3 is 0 Å². The zero-order valence-electron chi connectivity index (χ0n) is 14.4. The van der Waals surface area contributed by atoms with Gasteiger partial charge in [-0.3, -0.25) is 0 Å². The average molecular weight is 343 g/mol. The summed E-state index contributed by atoms with van der Waals surface area (Å²) in [4.78, 5) is 0. The molecule has 1 unspecified atom stereocenters. The van der Waals surface area contributed by atoms with Crippen molar-refractivity contribution in [2.75, 3.05) is 6.26 Å². The molecule has 0 saturated heterocycles. The molecule has 5 heteroatoms. The SMILES string of the molecule is CCCCCCCCCC(OCc1ccccc1)OS(C)(=O)=O. The minimum atomic E-state index is -3.51. The van der Waals surface area contributed by atoms with Crippen LogP contribution in [0.25, 0.3) is 0 Å². The highest BCUT2D eigenvalue weighted by Crippen LogP contribution is 2.15. The van der Waals surface area contributed by atoms with E-state index in [9.17, 15) is 8.42 Å². The monoisotopic (exact) mass is 342 g/mol. The molecule has 0 N–H and O–H groups in total. The summed E-state index contributed by atoms with van der Waals surface area (Å²) in [5.74, 6) is 0. The number of rotatable bonds is 13. The molecule has 0 aliphatic rings. The molecule has 1 rings (SSSR count). The third kappa shape index (κ3) is 11.3. The Labute approximate surface area is 141 Å². The van der Waals surface area contributed by atoms with Crippen molar-refractivity contribution in [3.63, 3.8) is 0 Å². The summed E-state index contributed by atoms with van der Waals surface area (Å²) < 4.78 is 33.4. The summed E-state index contributed by atoms with van der Waals surface area (Å²) in [6, 6.07) is 9.70. The van der Waals surface area contributed by atoms with Gasteiger partial charge in [-0.1, -0.05) is 75.8 Å². The quantitative estimate of drug-likeness (QED) is 0.297. The van der Waals surface area contributed by atoms with Crippen molar-refractivity contribution in [3.05, 3.63) is 35.9 Å². The molecule has 1 atom stereocenters. The topological polar surface area (TPSA) is 52.6 Å². The van der Waals surface area contributed by atoms with Gasteiger partial charge in [-0.15, -0.1) is 0 Å². The molecule has 0 radical (unpaired) electrons. The van der Waals surface area contributed by atoms with Crippen LogP contribution in [0, 0.1) is 0 Å². The van der Waals surface area contributed by atoms with Crippen molar-refractivity contribution < 1.29 is 17.3 Å². The predicted octanol–water partition coefficient (Wildman–Crippen LogP) is 4.65. The molecule has 1 aromatic rings. The fourth-order valence-electron chi connectivity index (χ4n) is 2.39. The summed E-state index contributed by atoms with van der Waals surface area (Å²) in [6.07, 6.45) is 9.23. The fraction of sp³-hybridized carbons (Fsp3) is 0.667. The van der Waals surface area contributed by atoms with E-state index in [1.165, 1.54) is 32.1 Å². The lowest BCUT2D eigenvalue weighted by molar-refractivity contribution is -0.0904. The van der Waals surface area contributed by atoms with Gasteiger partial charge in [0.2, 0.25) is 0 Å². The Morgan fingerprint density at radius 3 is 2.17 bits per heavy atom. The molecule has 0 aliphatic carbocycles. The van der Waals surface area contributed by atoms with Crippen LogP contribution in [0.2, 0.25) is 0 Å². The molecule has 0 spiro atoms. The van der Waals surface area contributed by atoms with E-state index in [0.717, 1.165) is 24.7 Å². The number of benzene rings is 1. The van der Waals surface area contributed by atoms with E-state index >= 15 is 0 Å². The molecule has 0 amide bonds. The summed E-state index contributed by atoms with van der Waals surface area (Å²) in [5, 5.41) is 0. The van der Waals surface area contributed by atoms with Crippen molar-refractivity contribution in [1.29, 1.82) is 0 Å². The molecule has 23 heavy (non-hydrogen) atoms. The molecule has 132 valence electrons. The maximum Gasteiger partial charge on any atom is 0.266 e. The third-order valence-corrected chi connectivity index (χ3v) is 4.17. The summed E-state index contributed by atoms with van der Waals surface area (Å²) in [6.45, 7) is 2.56. The highest BCUT2D eigenvalue weighted by Gasteiger charge is 2.16. The van der Waals surface area contributed by atoms with Crippen LogP contribution in [0.4, 0.5) is 0 Å². The highest BCUT2D eigenvalue weighted by atomic mass is 32.2. The summed E-state index contributed by atoms with van der Waals surface area (Å²) in [7, 11) is -3.51. The Bertz CT molecular complexity index is 499. The van der Waals surface area contributed by atoms with E-state index < -0.39 is 16.4 Å². The maximum atomic E-state index is 11.4. The minimum Gasteiger partial charge on any atom is -0.347 e. The van der Waals surface area contributed by atoms with Crippen LogP contribution < -0.4 is 0 Å². The van der Waals surface area contributed by atoms with Crippen LogP contribution >= 0.6 is 0 Å². The maximum absolute atomic E-state index is 11.4. The predicted molar refractivity (Wildman–Crippen MR) is 93.6 cm³/mol. The largest absolute Gasteiger partial charge is 0.347 e. The summed E-state index contributed by atoms with van der Waals surface area (Å²) in [5.41, 5.74) is 1.01. The Morgan fingerprint density at radius 2 is 1.57 bits per heavy atom. The van der Waals surface area contributed by atoms with Gasteiger partial charge in [-0.2, -0.15) is 8.42 Å². The van der Waals surface area contributed by atoms with Crippen LogP contribution in [0.3, 0.4) is 0 Å². The minimum absolute atomic E-state index is 0.359. The van der Waals surface area contributed by atoms with Gasteiger partial charge in [-0.05, 0) is 18.4 Å². The van der Waals surface area contributed by atoms with E-state index in [1.54, 1.807) is 0 Å². The first-order chi connectivity index (χ1) is 11.0. The zero-order chi connectivity index (χ0) is 17.0. The number of hydrogen-bond donors (Lipinski definition) is 0. The van der Waals surface area contributed by atoms with Crippen LogP contribution in [-0.4, -0.2) is 21.0 Å². The Balaban J connectivity index is 2.31. The summed E-state index contributed by atoms with van der Waals surface area (Å²) >= 11 is 0. The molecule has 0 saturated carbocycles. The molecule has 0 bridgehead atoms. The number of unbranched alkanes of at least 4 members (excludes halogenated alkanes) is 6. The van der Waals surface area contributed by atoms with Gasteiger partial charge in [0.25, 0.3) is 10.1 Å². The lowest BCUT2D eigenvalue weighted by Crippen LogP contribution is -2.21. The first kappa shape index (κ1) is 20.1. The Morgan fingerprint density at radius 1 is 0.957 bits per heavy atom. The first-order valence-corrected chi connectivity index (χ1v) is 10.4. The van der Waals surface area contributed by atoms with E-state index in [0.29, 0.717) is 13.0 Å². The van der Waals surface area contributed by atoms with Crippen LogP contribution in [0.15, 0.2) is 30.3 Å². The molecule has 0 aliphatic heterocycles. The lowest BCUT2D eigenvalue weighted by Gasteiger charge is -2.17. The second kappa shape index (κ2) is 11.6. The fourth-order valence-corrected chi connectivity index (χ4v) is 2.93. The van der Waals surface area contributed by atoms with Gasteiger partial charge in [0, 0.05) is 0 Å². The van der Waals surface area contributed by atoms with Crippen LogP contribution in [0.1, 0.15) is 63.9 Å². The zero-order valence-corrected chi connectivity index (χ0v) is 15.2. The second-order valence-electron chi connectivity index (χ2n) is 5.94. The van der Waals surface area contributed by atoms with E-state index in [2.05, 4.69) is 6.92 Å². The lowest BCUT2D eigenvalue weighted by atomic mass is 10.1. The molecule has 0 heterocycles. The normalized spacial score (nSPS) is 13.1. The third-order valence-electron chi connectivity index (χ3n) is 3.60. The van der Waals surface area contributed by atoms with E-state index in [1.807, 2.05) is 30.3 Å². The first-order valence-electron chi connectivity index (χ1n) is 8.55. The molecule has 1 aromatic carbocycles. The Kier molecular flexibility index (Phi) is 10.2. The molecule has 4 nitrogen and oxygen atoms in total. The van der Waals surface area contributed by atoms with Gasteiger partial charge in [0.15, 0.2) is 6.29 Å². The van der Waals surface area contributed by atoms with E-state index in [-0.39, 0.29) is 0 Å². The van der Waals surface area contributed by atoms with Gasteiger partial charge in [0.05, 0.1) is 12.9 Å². The van der Waals surface area contributed by atoms with Crippen molar-refractivity contribution in [2.45, 2.75) is 71.2 Å². The molecule has 0 aromatic heterocycles. The van der Waals surface area contributed by atoms with E-state index in [4.69, 9.17) is 8.92 Å². The van der Waals surface area contributed by atoms with Crippen molar-refractivity contribution in [1.82, 2.24) is 0 Å². The van der Waals surface area contributed by atoms with Crippen molar-refractivity contribution in [3.8, 4) is 0 Å². The standard InChI is InChI=1S/C18H30O4S/c1-3-4-5-6-7-8-12-15-18(22-23(2,19)20)21-16-17-13-10-9-11-14-17/h9-11,13-14,18H,3-8,12,15-16H2,1-2H3. The van der Waals surface area contributed by atoms with Crippen LogP contribution in [0.5, 0.6) is 0 Å². The van der Waals surface area contributed by atoms with Crippen molar-refractivity contribution in [2.24, 2.45) is 0 Å². The van der Waals surface area contributed by atoms with Crippen LogP contribution in [-0.2, 0) is 25.6 Å². The van der Waals surface area contributed by atoms with Gasteiger partial charge in [0.1, 0.15) is 0 Å². The highest BCUT2D eigenvalue weighted by molar-refractivity contribution is 7.86. The second-order valence-corrected chi connectivity index (χ2v) is 7.54.